The molecule has 52 valence electrons. The van der Waals surface area contributed by atoms with Crippen molar-refractivity contribution in [3.63, 3.8) is 0 Å². The zero-order valence-electron chi connectivity index (χ0n) is 5.60. The number of hydrogen-bond donors (Lipinski definition) is 0. The van der Waals surface area contributed by atoms with Crippen LogP contribution in [0.3, 0.4) is 0 Å². The van der Waals surface area contributed by atoms with E-state index in [4.69, 9.17) is 5.26 Å². The summed E-state index contributed by atoms with van der Waals surface area (Å²) in [5.41, 5.74) is 1.45. The van der Waals surface area contributed by atoms with Crippen molar-refractivity contribution in [2.45, 2.75) is 0 Å². The summed E-state index contributed by atoms with van der Waals surface area (Å²) in [4.78, 5) is 0. The van der Waals surface area contributed by atoms with Crippen molar-refractivity contribution in [2.75, 3.05) is 5.33 Å². The lowest BCUT2D eigenvalue weighted by Gasteiger charge is -1.94. The van der Waals surface area contributed by atoms with Crippen molar-refractivity contribution in [3.05, 3.63) is 36.5 Å². The van der Waals surface area contributed by atoms with E-state index in [1.165, 1.54) is 6.08 Å². The van der Waals surface area contributed by atoms with Crippen LogP contribution in [0.4, 0.5) is 0 Å². The van der Waals surface area contributed by atoms with Gasteiger partial charge >= 0.3 is 0 Å². The molecule has 2 heteroatoms. The molecule has 0 amide bonds. The van der Waals surface area contributed by atoms with E-state index < -0.39 is 0 Å². The molecule has 0 aliphatic carbocycles. The molecule has 0 aliphatic rings. The molecule has 0 radical (unpaired) electrons. The molecule has 0 aromatic rings. The summed E-state index contributed by atoms with van der Waals surface area (Å²) in [6.45, 7) is 7.06. The van der Waals surface area contributed by atoms with Gasteiger partial charge in [0.25, 0.3) is 0 Å². The predicted octanol–water partition coefficient (Wildman–Crippen LogP) is 2.57. The third-order valence-corrected chi connectivity index (χ3v) is 1.67. The summed E-state index contributed by atoms with van der Waals surface area (Å²) in [5.74, 6) is 0. The molecule has 0 heterocycles. The summed E-state index contributed by atoms with van der Waals surface area (Å²) >= 11 is 3.23. The van der Waals surface area contributed by atoms with E-state index in [2.05, 4.69) is 29.1 Å². The minimum Gasteiger partial charge on any atom is -0.192 e. The van der Waals surface area contributed by atoms with Gasteiger partial charge in [-0.05, 0) is 5.57 Å². The first-order chi connectivity index (χ1) is 4.79. The Morgan fingerprint density at radius 1 is 1.50 bits per heavy atom. The highest BCUT2D eigenvalue weighted by atomic mass is 79.9. The van der Waals surface area contributed by atoms with Crippen LogP contribution in [0.5, 0.6) is 0 Å². The molecule has 0 spiro atoms. The molecule has 0 N–H and O–H groups in total. The maximum Gasteiger partial charge on any atom is 0.0994 e. The molecular weight excluding hydrogens is 190 g/mol. The Bertz CT molecular complexity index is 208. The standard InChI is InChI=1S/C8H8BrN/c1-3-7(5-9)8(4-2)6-10/h3-4H,1-2,5H2/b8-7-. The molecule has 1 nitrogen and oxygen atoms in total. The van der Waals surface area contributed by atoms with E-state index in [0.717, 1.165) is 5.57 Å². The van der Waals surface area contributed by atoms with Gasteiger partial charge in [-0.2, -0.15) is 5.26 Å². The zero-order valence-corrected chi connectivity index (χ0v) is 7.19. The van der Waals surface area contributed by atoms with Gasteiger partial charge in [0.1, 0.15) is 0 Å². The summed E-state index contributed by atoms with van der Waals surface area (Å²) in [6.07, 6.45) is 3.17. The van der Waals surface area contributed by atoms with Gasteiger partial charge in [-0.3, -0.25) is 0 Å². The normalized spacial score (nSPS) is 11.2. The number of nitriles is 1. The second kappa shape index (κ2) is 5.01. The lowest BCUT2D eigenvalue weighted by Crippen LogP contribution is -1.83. The molecule has 0 saturated carbocycles. The van der Waals surface area contributed by atoms with E-state index in [-0.39, 0.29) is 0 Å². The van der Waals surface area contributed by atoms with E-state index in [1.54, 1.807) is 6.08 Å². The van der Waals surface area contributed by atoms with Gasteiger partial charge in [0, 0.05) is 5.33 Å². The molecule has 10 heavy (non-hydrogen) atoms. The van der Waals surface area contributed by atoms with E-state index >= 15 is 0 Å². The summed E-state index contributed by atoms with van der Waals surface area (Å²) in [6, 6.07) is 2.01. The lowest BCUT2D eigenvalue weighted by atomic mass is 10.1. The zero-order chi connectivity index (χ0) is 7.98. The molecular formula is C8H8BrN. The fourth-order valence-electron chi connectivity index (χ4n) is 0.485. The van der Waals surface area contributed by atoms with Crippen molar-refractivity contribution in [1.29, 1.82) is 5.26 Å². The summed E-state index contributed by atoms with van der Waals surface area (Å²) in [7, 11) is 0. The van der Waals surface area contributed by atoms with Crippen LogP contribution in [0.25, 0.3) is 0 Å². The highest BCUT2D eigenvalue weighted by Crippen LogP contribution is 2.08. The smallest absolute Gasteiger partial charge is 0.0994 e. The molecule has 0 bridgehead atoms. The molecule has 0 rings (SSSR count). The Balaban J connectivity index is 4.73. The van der Waals surface area contributed by atoms with Gasteiger partial charge in [-0.1, -0.05) is 41.2 Å². The maximum absolute atomic E-state index is 8.51. The van der Waals surface area contributed by atoms with Gasteiger partial charge in [-0.15, -0.1) is 0 Å². The van der Waals surface area contributed by atoms with Gasteiger partial charge < -0.3 is 0 Å². The van der Waals surface area contributed by atoms with Gasteiger partial charge in [0.05, 0.1) is 11.6 Å². The van der Waals surface area contributed by atoms with Crippen LogP contribution in [-0.4, -0.2) is 5.33 Å². The summed E-state index contributed by atoms with van der Waals surface area (Å²) < 4.78 is 0. The minimum atomic E-state index is 0.576. The van der Waals surface area contributed by atoms with Crippen molar-refractivity contribution in [1.82, 2.24) is 0 Å². The first kappa shape index (κ1) is 9.19. The Morgan fingerprint density at radius 2 is 2.10 bits per heavy atom. The van der Waals surface area contributed by atoms with Gasteiger partial charge in [0.15, 0.2) is 0 Å². The maximum atomic E-state index is 8.51. The number of rotatable bonds is 3. The average molecular weight is 198 g/mol. The van der Waals surface area contributed by atoms with Crippen molar-refractivity contribution < 1.29 is 0 Å². The van der Waals surface area contributed by atoms with Crippen molar-refractivity contribution in [3.8, 4) is 6.07 Å². The first-order valence-electron chi connectivity index (χ1n) is 2.74. The van der Waals surface area contributed by atoms with Crippen LogP contribution in [-0.2, 0) is 0 Å². The highest BCUT2D eigenvalue weighted by Gasteiger charge is 1.95. The number of allylic oxidation sites excluding steroid dienone is 4. The number of nitrogens with zero attached hydrogens (tertiary/aromatic N) is 1. The fraction of sp³-hybridized carbons (Fsp3) is 0.125. The number of alkyl halides is 1. The molecule has 0 aromatic carbocycles. The van der Waals surface area contributed by atoms with Crippen LogP contribution in [0.15, 0.2) is 36.5 Å². The third kappa shape index (κ3) is 2.20. The Morgan fingerprint density at radius 3 is 2.20 bits per heavy atom. The SMILES string of the molecule is C=C/C(C#N)=C(\C=C)CBr. The van der Waals surface area contributed by atoms with E-state index in [0.29, 0.717) is 10.9 Å². The fourth-order valence-corrected chi connectivity index (χ4v) is 1.02. The van der Waals surface area contributed by atoms with Crippen molar-refractivity contribution in [2.24, 2.45) is 0 Å². The monoisotopic (exact) mass is 197 g/mol. The first-order valence-corrected chi connectivity index (χ1v) is 3.86. The van der Waals surface area contributed by atoms with Crippen LogP contribution in [0.1, 0.15) is 0 Å². The van der Waals surface area contributed by atoms with Crippen LogP contribution < -0.4 is 0 Å². The Hall–Kier alpha value is -0.810. The van der Waals surface area contributed by atoms with Gasteiger partial charge in [-0.25, -0.2) is 0 Å². The molecule has 0 atom stereocenters. The molecule has 0 saturated heterocycles. The van der Waals surface area contributed by atoms with Crippen LogP contribution in [0.2, 0.25) is 0 Å². The van der Waals surface area contributed by atoms with Gasteiger partial charge in [0.2, 0.25) is 0 Å². The highest BCUT2D eigenvalue weighted by molar-refractivity contribution is 9.09. The minimum absolute atomic E-state index is 0.576. The number of halogens is 1. The second-order valence-electron chi connectivity index (χ2n) is 1.59. The second-order valence-corrected chi connectivity index (χ2v) is 2.15. The van der Waals surface area contributed by atoms with Crippen LogP contribution in [0, 0.1) is 11.3 Å². The molecule has 0 aliphatic heterocycles. The largest absolute Gasteiger partial charge is 0.192 e. The predicted molar refractivity (Wildman–Crippen MR) is 46.8 cm³/mol. The van der Waals surface area contributed by atoms with E-state index in [9.17, 15) is 0 Å². The topological polar surface area (TPSA) is 23.8 Å². The Labute approximate surface area is 69.5 Å². The average Bonchev–Trinajstić information content (AvgIpc) is 2.00. The molecule has 0 unspecified atom stereocenters. The molecule has 0 fully saturated rings. The quantitative estimate of drug-likeness (QED) is 0.388. The lowest BCUT2D eigenvalue weighted by molar-refractivity contribution is 1.44. The van der Waals surface area contributed by atoms with Crippen molar-refractivity contribution >= 4 is 15.9 Å². The molecule has 0 aromatic heterocycles. The summed E-state index contributed by atoms with van der Waals surface area (Å²) in [5, 5.41) is 9.16. The Kier molecular flexibility index (Phi) is 4.61. The van der Waals surface area contributed by atoms with Crippen LogP contribution >= 0.6 is 15.9 Å². The van der Waals surface area contributed by atoms with E-state index in [1.807, 2.05) is 6.07 Å². The number of hydrogen-bond acceptors (Lipinski definition) is 1. The third-order valence-electron chi connectivity index (χ3n) is 1.06.